The van der Waals surface area contributed by atoms with Crippen LogP contribution in [0.4, 0.5) is 5.69 Å². The molecule has 5 nitrogen and oxygen atoms in total. The molecular weight excluding hydrogens is 378 g/mol. The number of ether oxygens (including phenoxy) is 3. The van der Waals surface area contributed by atoms with Gasteiger partial charge in [-0.05, 0) is 36.8 Å². The molecule has 156 valence electrons. The third-order valence-corrected chi connectivity index (χ3v) is 4.42. The summed E-state index contributed by atoms with van der Waals surface area (Å²) in [5, 5.41) is 2.92. The minimum absolute atomic E-state index is 0.233. The number of nitrogens with one attached hydrogen (secondary N) is 1. The highest BCUT2D eigenvalue weighted by Crippen LogP contribution is 2.22. The molecule has 5 heteroatoms. The summed E-state index contributed by atoms with van der Waals surface area (Å²) in [5.74, 6) is 1.01. The van der Waals surface area contributed by atoms with Gasteiger partial charge in [-0.15, -0.1) is 0 Å². The Morgan fingerprint density at radius 1 is 0.833 bits per heavy atom. The van der Waals surface area contributed by atoms with Crippen LogP contribution in [0.2, 0.25) is 0 Å². The highest BCUT2D eigenvalue weighted by Gasteiger charge is 2.12. The lowest BCUT2D eigenvalue weighted by Crippen LogP contribution is -2.15. The van der Waals surface area contributed by atoms with Gasteiger partial charge in [-0.3, -0.25) is 4.79 Å². The molecule has 0 radical (unpaired) electrons. The highest BCUT2D eigenvalue weighted by molar-refractivity contribution is 6.06. The molecule has 0 unspecified atom stereocenters. The Hall–Kier alpha value is -3.31. The molecule has 30 heavy (non-hydrogen) atoms. The predicted molar refractivity (Wildman–Crippen MR) is 118 cm³/mol. The Morgan fingerprint density at radius 2 is 1.63 bits per heavy atom. The van der Waals surface area contributed by atoms with Crippen molar-refractivity contribution >= 4 is 11.6 Å². The first-order valence-corrected chi connectivity index (χ1v) is 10.1. The first-order valence-electron chi connectivity index (χ1n) is 10.1. The Labute approximate surface area is 177 Å². The lowest BCUT2D eigenvalue weighted by Gasteiger charge is -2.12. The van der Waals surface area contributed by atoms with E-state index in [4.69, 9.17) is 14.2 Å². The summed E-state index contributed by atoms with van der Waals surface area (Å²) >= 11 is 0. The van der Waals surface area contributed by atoms with Gasteiger partial charge in [-0.1, -0.05) is 48.5 Å². The summed E-state index contributed by atoms with van der Waals surface area (Å²) in [6.07, 6.45) is 0.823. The van der Waals surface area contributed by atoms with Crippen molar-refractivity contribution in [3.8, 4) is 11.5 Å². The smallest absolute Gasteiger partial charge is 0.259 e. The molecule has 0 fully saturated rings. The van der Waals surface area contributed by atoms with E-state index < -0.39 is 0 Å². The van der Waals surface area contributed by atoms with E-state index in [1.165, 1.54) is 5.56 Å². The molecule has 0 heterocycles. The van der Waals surface area contributed by atoms with Crippen molar-refractivity contribution in [1.82, 2.24) is 0 Å². The second kappa shape index (κ2) is 11.6. The van der Waals surface area contributed by atoms with Crippen LogP contribution in [0.5, 0.6) is 11.5 Å². The maximum atomic E-state index is 12.8. The predicted octanol–water partition coefficient (Wildman–Crippen LogP) is 4.98. The molecule has 0 saturated carbocycles. The minimum Gasteiger partial charge on any atom is -0.493 e. The highest BCUT2D eigenvalue weighted by atomic mass is 16.5. The maximum Gasteiger partial charge on any atom is 0.259 e. The van der Waals surface area contributed by atoms with Gasteiger partial charge in [0.2, 0.25) is 0 Å². The maximum absolute atomic E-state index is 12.8. The first-order chi connectivity index (χ1) is 14.8. The van der Waals surface area contributed by atoms with Crippen LogP contribution in [-0.4, -0.2) is 32.3 Å². The fourth-order valence-corrected chi connectivity index (χ4v) is 2.93. The zero-order valence-electron chi connectivity index (χ0n) is 17.2. The van der Waals surface area contributed by atoms with E-state index in [0.29, 0.717) is 49.2 Å². The number of hydrogen-bond donors (Lipinski definition) is 1. The van der Waals surface area contributed by atoms with Crippen molar-refractivity contribution < 1.29 is 19.0 Å². The summed E-state index contributed by atoms with van der Waals surface area (Å²) < 4.78 is 16.8. The van der Waals surface area contributed by atoms with Crippen LogP contribution in [0.3, 0.4) is 0 Å². The average Bonchev–Trinajstić information content (AvgIpc) is 2.78. The number of para-hydroxylation sites is 1. The summed E-state index contributed by atoms with van der Waals surface area (Å²) in [6.45, 7) is 4.01. The van der Waals surface area contributed by atoms with Crippen LogP contribution in [0.15, 0.2) is 78.9 Å². The van der Waals surface area contributed by atoms with Gasteiger partial charge in [0, 0.05) is 24.8 Å². The van der Waals surface area contributed by atoms with Crippen LogP contribution in [-0.2, 0) is 11.2 Å². The second-order valence-corrected chi connectivity index (χ2v) is 6.61. The van der Waals surface area contributed by atoms with E-state index in [1.807, 2.05) is 61.5 Å². The molecule has 0 bridgehead atoms. The number of amides is 1. The molecule has 0 aliphatic heterocycles. The van der Waals surface area contributed by atoms with Crippen molar-refractivity contribution in [3.05, 3.63) is 90.0 Å². The summed E-state index contributed by atoms with van der Waals surface area (Å²) in [6, 6.07) is 24.8. The number of hydrogen-bond acceptors (Lipinski definition) is 4. The molecule has 0 aromatic heterocycles. The van der Waals surface area contributed by atoms with E-state index in [-0.39, 0.29) is 5.91 Å². The Kier molecular flexibility index (Phi) is 8.30. The average molecular weight is 405 g/mol. The molecular formula is C25H27NO4. The molecule has 0 saturated heterocycles. The van der Waals surface area contributed by atoms with Crippen molar-refractivity contribution in [2.45, 2.75) is 13.3 Å². The normalized spacial score (nSPS) is 10.4. The van der Waals surface area contributed by atoms with Crippen molar-refractivity contribution in [2.75, 3.05) is 31.7 Å². The van der Waals surface area contributed by atoms with Crippen LogP contribution in [0.1, 0.15) is 22.8 Å². The number of rotatable bonds is 11. The van der Waals surface area contributed by atoms with Gasteiger partial charge >= 0.3 is 0 Å². The largest absolute Gasteiger partial charge is 0.493 e. The zero-order valence-corrected chi connectivity index (χ0v) is 17.2. The Bertz CT molecular complexity index is 927. The van der Waals surface area contributed by atoms with Gasteiger partial charge < -0.3 is 19.5 Å². The van der Waals surface area contributed by atoms with Crippen LogP contribution in [0.25, 0.3) is 0 Å². The topological polar surface area (TPSA) is 56.8 Å². The standard InChI is InChI=1S/C25H27NO4/c1-2-28-17-18-30-24-14-7-6-13-23(24)25(27)26-21-11-8-12-22(19-21)29-16-15-20-9-4-3-5-10-20/h3-14,19H,2,15-18H2,1H3,(H,26,27). The lowest BCUT2D eigenvalue weighted by molar-refractivity contribution is 0.0998. The second-order valence-electron chi connectivity index (χ2n) is 6.61. The van der Waals surface area contributed by atoms with Gasteiger partial charge in [0.15, 0.2) is 0 Å². The molecule has 0 aliphatic carbocycles. The van der Waals surface area contributed by atoms with Gasteiger partial charge in [-0.25, -0.2) is 0 Å². The monoisotopic (exact) mass is 405 g/mol. The zero-order chi connectivity index (χ0) is 21.0. The SMILES string of the molecule is CCOCCOc1ccccc1C(=O)Nc1cccc(OCCc2ccccc2)c1. The third kappa shape index (κ3) is 6.64. The minimum atomic E-state index is -0.233. The number of carbonyl (C=O) groups is 1. The summed E-state index contributed by atoms with van der Waals surface area (Å²) in [7, 11) is 0. The first kappa shape index (κ1) is 21.4. The summed E-state index contributed by atoms with van der Waals surface area (Å²) in [4.78, 5) is 12.8. The molecule has 0 aliphatic rings. The van der Waals surface area contributed by atoms with Crippen molar-refractivity contribution in [1.29, 1.82) is 0 Å². The molecule has 3 rings (SSSR count). The fraction of sp³-hybridized carbons (Fsp3) is 0.240. The van der Waals surface area contributed by atoms with Gasteiger partial charge in [0.05, 0.1) is 18.8 Å². The van der Waals surface area contributed by atoms with E-state index in [9.17, 15) is 4.79 Å². The Morgan fingerprint density at radius 3 is 2.47 bits per heavy atom. The molecule has 0 atom stereocenters. The van der Waals surface area contributed by atoms with Crippen LogP contribution < -0.4 is 14.8 Å². The van der Waals surface area contributed by atoms with Gasteiger partial charge in [-0.2, -0.15) is 0 Å². The van der Waals surface area contributed by atoms with Crippen molar-refractivity contribution in [2.24, 2.45) is 0 Å². The van der Waals surface area contributed by atoms with E-state index in [1.54, 1.807) is 12.1 Å². The van der Waals surface area contributed by atoms with Crippen LogP contribution in [0, 0.1) is 0 Å². The van der Waals surface area contributed by atoms with Gasteiger partial charge in [0.1, 0.15) is 18.1 Å². The fourth-order valence-electron chi connectivity index (χ4n) is 2.93. The number of benzene rings is 3. The number of anilines is 1. The summed E-state index contributed by atoms with van der Waals surface area (Å²) in [5.41, 5.74) is 2.37. The third-order valence-electron chi connectivity index (χ3n) is 4.42. The quantitative estimate of drug-likeness (QED) is 0.457. The molecule has 1 N–H and O–H groups in total. The molecule has 3 aromatic rings. The Balaban J connectivity index is 1.57. The van der Waals surface area contributed by atoms with E-state index in [2.05, 4.69) is 17.4 Å². The van der Waals surface area contributed by atoms with E-state index in [0.717, 1.165) is 6.42 Å². The molecule has 3 aromatic carbocycles. The van der Waals surface area contributed by atoms with Crippen molar-refractivity contribution in [3.63, 3.8) is 0 Å². The lowest BCUT2D eigenvalue weighted by atomic mass is 10.1. The van der Waals surface area contributed by atoms with Crippen LogP contribution >= 0.6 is 0 Å². The number of carbonyl (C=O) groups excluding carboxylic acids is 1. The molecule has 0 spiro atoms. The van der Waals surface area contributed by atoms with E-state index >= 15 is 0 Å². The van der Waals surface area contributed by atoms with Gasteiger partial charge in [0.25, 0.3) is 5.91 Å². The molecule has 1 amide bonds.